The molecular formula is C21H22BrN3OS2. The molecule has 4 nitrogen and oxygen atoms in total. The smallest absolute Gasteiger partial charge is 0.267 e. The van der Waals surface area contributed by atoms with Gasteiger partial charge in [-0.1, -0.05) is 52.0 Å². The van der Waals surface area contributed by atoms with Crippen LogP contribution in [0.25, 0.3) is 6.08 Å². The minimum Gasteiger partial charge on any atom is -0.372 e. The standard InChI is InChI=1S/C21H22BrN3OS2/c1-3-24(4-2)18-11-5-15(6-12-18)13-19-20(26)25(21(27)28-19)14-23-17-9-7-16(22)8-10-17/h5-13,23H,3-4,14H2,1-2H3. The van der Waals surface area contributed by atoms with Crippen LogP contribution in [0.15, 0.2) is 57.9 Å². The number of nitrogens with one attached hydrogen (secondary N) is 1. The van der Waals surface area contributed by atoms with E-state index in [0.717, 1.165) is 28.8 Å². The van der Waals surface area contributed by atoms with Crippen LogP contribution in [0, 0.1) is 0 Å². The van der Waals surface area contributed by atoms with Gasteiger partial charge in [-0.15, -0.1) is 0 Å². The zero-order valence-electron chi connectivity index (χ0n) is 15.8. The molecule has 28 heavy (non-hydrogen) atoms. The summed E-state index contributed by atoms with van der Waals surface area (Å²) in [5.74, 6) is -0.0626. The number of nitrogens with zero attached hydrogens (tertiary/aromatic N) is 2. The number of thiocarbonyl (C=S) groups is 1. The van der Waals surface area contributed by atoms with Crippen molar-refractivity contribution in [2.24, 2.45) is 0 Å². The zero-order chi connectivity index (χ0) is 20.1. The van der Waals surface area contributed by atoms with Crippen LogP contribution in [0.4, 0.5) is 11.4 Å². The number of anilines is 2. The highest BCUT2D eigenvalue weighted by Crippen LogP contribution is 2.32. The minimum atomic E-state index is -0.0626. The summed E-state index contributed by atoms with van der Waals surface area (Å²) in [6.45, 7) is 6.58. The fourth-order valence-electron chi connectivity index (χ4n) is 2.90. The molecule has 0 atom stereocenters. The first-order valence-corrected chi connectivity index (χ1v) is 11.1. The second-order valence-electron chi connectivity index (χ2n) is 6.22. The van der Waals surface area contributed by atoms with Crippen molar-refractivity contribution >= 4 is 67.6 Å². The number of thioether (sulfide) groups is 1. The number of hydrogen-bond donors (Lipinski definition) is 1. The molecule has 1 saturated heterocycles. The second kappa shape index (κ2) is 9.58. The summed E-state index contributed by atoms with van der Waals surface area (Å²) in [7, 11) is 0. The van der Waals surface area contributed by atoms with Gasteiger partial charge in [-0.05, 0) is 61.9 Å². The van der Waals surface area contributed by atoms with Crippen molar-refractivity contribution in [3.8, 4) is 0 Å². The molecule has 3 rings (SSSR count). The Kier molecular flexibility index (Phi) is 7.15. The predicted octanol–water partition coefficient (Wildman–Crippen LogP) is 5.57. The number of rotatable bonds is 7. The van der Waals surface area contributed by atoms with E-state index < -0.39 is 0 Å². The Morgan fingerprint density at radius 1 is 1.11 bits per heavy atom. The maximum Gasteiger partial charge on any atom is 0.267 e. The van der Waals surface area contributed by atoms with Gasteiger partial charge in [0.25, 0.3) is 5.91 Å². The normalized spacial score (nSPS) is 15.4. The summed E-state index contributed by atoms with van der Waals surface area (Å²) in [6, 6.07) is 16.1. The summed E-state index contributed by atoms with van der Waals surface area (Å²) in [5.41, 5.74) is 3.12. The summed E-state index contributed by atoms with van der Waals surface area (Å²) in [4.78, 5) is 17.3. The summed E-state index contributed by atoms with van der Waals surface area (Å²) >= 11 is 10.2. The van der Waals surface area contributed by atoms with Crippen molar-refractivity contribution in [3.63, 3.8) is 0 Å². The first-order chi connectivity index (χ1) is 13.5. The molecule has 0 aliphatic carbocycles. The van der Waals surface area contributed by atoms with E-state index in [9.17, 15) is 4.79 Å². The molecule has 0 spiro atoms. The van der Waals surface area contributed by atoms with Crippen LogP contribution in [0.2, 0.25) is 0 Å². The zero-order valence-corrected chi connectivity index (χ0v) is 19.0. The number of benzene rings is 2. The lowest BCUT2D eigenvalue weighted by atomic mass is 10.1. The third-order valence-electron chi connectivity index (χ3n) is 4.48. The molecule has 1 aliphatic rings. The molecule has 1 fully saturated rings. The van der Waals surface area contributed by atoms with Gasteiger partial charge in [0.15, 0.2) is 0 Å². The van der Waals surface area contributed by atoms with Crippen molar-refractivity contribution in [1.29, 1.82) is 0 Å². The molecule has 146 valence electrons. The number of carbonyl (C=O) groups excluding carboxylic acids is 1. The van der Waals surface area contributed by atoms with Crippen LogP contribution in [0.3, 0.4) is 0 Å². The molecule has 0 aromatic heterocycles. The third-order valence-corrected chi connectivity index (χ3v) is 6.38. The average Bonchev–Trinajstić information content (AvgIpc) is 2.96. The summed E-state index contributed by atoms with van der Waals surface area (Å²) in [5, 5.41) is 3.24. The molecule has 0 unspecified atom stereocenters. The fraction of sp³-hybridized carbons (Fsp3) is 0.238. The van der Waals surface area contributed by atoms with Crippen LogP contribution in [-0.2, 0) is 4.79 Å². The van der Waals surface area contributed by atoms with Gasteiger partial charge in [-0.3, -0.25) is 9.69 Å². The van der Waals surface area contributed by atoms with E-state index in [1.54, 1.807) is 4.90 Å². The van der Waals surface area contributed by atoms with E-state index in [1.165, 1.54) is 17.4 Å². The molecule has 1 amide bonds. The SMILES string of the molecule is CCN(CC)c1ccc(C=C2SC(=S)N(CNc3ccc(Br)cc3)C2=O)cc1. The van der Waals surface area contributed by atoms with Gasteiger partial charge < -0.3 is 10.2 Å². The van der Waals surface area contributed by atoms with Crippen LogP contribution < -0.4 is 10.2 Å². The lowest BCUT2D eigenvalue weighted by molar-refractivity contribution is -0.121. The summed E-state index contributed by atoms with van der Waals surface area (Å²) in [6.07, 6.45) is 1.91. The Bertz CT molecular complexity index is 878. The number of amides is 1. The molecule has 1 N–H and O–H groups in total. The summed E-state index contributed by atoms with van der Waals surface area (Å²) < 4.78 is 1.58. The van der Waals surface area contributed by atoms with Gasteiger partial charge in [-0.25, -0.2) is 0 Å². The highest BCUT2D eigenvalue weighted by Gasteiger charge is 2.31. The molecule has 2 aromatic rings. The Morgan fingerprint density at radius 2 is 1.75 bits per heavy atom. The Labute approximate surface area is 184 Å². The first-order valence-electron chi connectivity index (χ1n) is 9.11. The van der Waals surface area contributed by atoms with Crippen LogP contribution >= 0.6 is 39.9 Å². The first kappa shape index (κ1) is 20.9. The maximum absolute atomic E-state index is 12.8. The lowest BCUT2D eigenvalue weighted by Crippen LogP contribution is -2.33. The van der Waals surface area contributed by atoms with E-state index in [2.05, 4.69) is 52.1 Å². The van der Waals surface area contributed by atoms with Crippen LogP contribution in [0.5, 0.6) is 0 Å². The van der Waals surface area contributed by atoms with E-state index >= 15 is 0 Å². The molecule has 0 bridgehead atoms. The molecule has 1 aliphatic heterocycles. The maximum atomic E-state index is 12.8. The fourth-order valence-corrected chi connectivity index (χ4v) is 4.42. The number of halogens is 1. The van der Waals surface area contributed by atoms with E-state index in [1.807, 2.05) is 42.5 Å². The van der Waals surface area contributed by atoms with Crippen molar-refractivity contribution in [3.05, 3.63) is 63.5 Å². The van der Waals surface area contributed by atoms with Crippen molar-refractivity contribution in [1.82, 2.24) is 4.90 Å². The van der Waals surface area contributed by atoms with Crippen LogP contribution in [0.1, 0.15) is 19.4 Å². The predicted molar refractivity (Wildman–Crippen MR) is 128 cm³/mol. The Hall–Kier alpha value is -1.83. The highest BCUT2D eigenvalue weighted by atomic mass is 79.9. The van der Waals surface area contributed by atoms with Crippen molar-refractivity contribution < 1.29 is 4.79 Å². The molecular weight excluding hydrogens is 454 g/mol. The van der Waals surface area contributed by atoms with Gasteiger partial charge in [0.2, 0.25) is 0 Å². The molecule has 7 heteroatoms. The number of hydrogen-bond acceptors (Lipinski definition) is 5. The lowest BCUT2D eigenvalue weighted by Gasteiger charge is -2.20. The van der Waals surface area contributed by atoms with Gasteiger partial charge in [0, 0.05) is 28.9 Å². The molecule has 0 radical (unpaired) electrons. The average molecular weight is 476 g/mol. The van der Waals surface area contributed by atoms with Gasteiger partial charge in [-0.2, -0.15) is 0 Å². The molecule has 0 saturated carbocycles. The van der Waals surface area contributed by atoms with E-state index in [0.29, 0.717) is 15.9 Å². The van der Waals surface area contributed by atoms with E-state index in [4.69, 9.17) is 12.2 Å². The monoisotopic (exact) mass is 475 g/mol. The second-order valence-corrected chi connectivity index (χ2v) is 8.81. The van der Waals surface area contributed by atoms with E-state index in [-0.39, 0.29) is 5.91 Å². The van der Waals surface area contributed by atoms with Gasteiger partial charge in [0.1, 0.15) is 4.32 Å². The Balaban J connectivity index is 1.67. The molecule has 2 aromatic carbocycles. The highest BCUT2D eigenvalue weighted by molar-refractivity contribution is 9.10. The Morgan fingerprint density at radius 3 is 2.36 bits per heavy atom. The van der Waals surface area contributed by atoms with Gasteiger partial charge >= 0.3 is 0 Å². The van der Waals surface area contributed by atoms with Crippen LogP contribution in [-0.4, -0.2) is 34.9 Å². The largest absolute Gasteiger partial charge is 0.372 e. The molecule has 1 heterocycles. The van der Waals surface area contributed by atoms with Crippen molar-refractivity contribution in [2.75, 3.05) is 30.0 Å². The van der Waals surface area contributed by atoms with Gasteiger partial charge in [0.05, 0.1) is 11.6 Å². The minimum absolute atomic E-state index is 0.0626. The van der Waals surface area contributed by atoms with Crippen molar-refractivity contribution in [2.45, 2.75) is 13.8 Å². The topological polar surface area (TPSA) is 35.6 Å². The number of carbonyl (C=O) groups is 1. The quantitative estimate of drug-likeness (QED) is 0.418. The third kappa shape index (κ3) is 4.96.